The van der Waals surface area contributed by atoms with E-state index in [1.807, 2.05) is 11.9 Å². The number of benzene rings is 1. The molecule has 4 rings (SSSR count). The van der Waals surface area contributed by atoms with E-state index in [2.05, 4.69) is 4.98 Å². The van der Waals surface area contributed by atoms with Gasteiger partial charge in [-0.25, -0.2) is 20.4 Å². The van der Waals surface area contributed by atoms with E-state index in [1.165, 1.54) is 6.92 Å². The molecule has 0 aliphatic carbocycles. The van der Waals surface area contributed by atoms with Crippen molar-refractivity contribution >= 4 is 61.0 Å². The van der Waals surface area contributed by atoms with Crippen LogP contribution in [0.4, 0.5) is 10.2 Å². The molecular weight excluding hydrogens is 498 g/mol. The average Bonchev–Trinajstić information content (AvgIpc) is 2.64. The maximum absolute atomic E-state index is 15.0. The van der Waals surface area contributed by atoms with E-state index in [4.69, 9.17) is 11.6 Å². The van der Waals surface area contributed by atoms with Crippen molar-refractivity contribution in [3.63, 3.8) is 0 Å². The highest BCUT2D eigenvalue weighted by Crippen LogP contribution is 2.43. The largest absolute Gasteiger partial charge is 0.359 e. The van der Waals surface area contributed by atoms with Crippen LogP contribution in [0.2, 0.25) is 5.02 Å². The molecule has 0 radical (unpaired) electrons. The average molecular weight is 513 g/mol. The van der Waals surface area contributed by atoms with Crippen LogP contribution in [0, 0.1) is 12.7 Å². The lowest BCUT2D eigenvalue weighted by Crippen LogP contribution is -2.54. The van der Waals surface area contributed by atoms with Gasteiger partial charge >= 0.3 is 5.69 Å². The van der Waals surface area contributed by atoms with Gasteiger partial charge in [0.2, 0.25) is 0 Å². The summed E-state index contributed by atoms with van der Waals surface area (Å²) in [6, 6.07) is -0.384. The van der Waals surface area contributed by atoms with Gasteiger partial charge in [0.25, 0.3) is 0 Å². The Balaban J connectivity index is 2.23. The number of nitrogens with zero attached hydrogens (tertiary/aromatic N) is 4. The van der Waals surface area contributed by atoms with Gasteiger partial charge in [-0.3, -0.25) is 0 Å². The maximum Gasteiger partial charge on any atom is 0.359 e. The molecule has 3 heterocycles. The fourth-order valence-electron chi connectivity index (χ4n) is 3.72. The summed E-state index contributed by atoms with van der Waals surface area (Å²) in [5.41, 5.74) is -0.714. The molecule has 7 nitrogen and oxygen atoms in total. The third kappa shape index (κ3) is 2.49. The molecule has 1 fully saturated rings. The molecule has 0 spiro atoms. The fraction of sp³-hybridized carbons (Fsp3) is 0.467. The Morgan fingerprint density at radius 3 is 2.73 bits per heavy atom. The lowest BCUT2D eigenvalue weighted by Gasteiger charge is -2.39. The summed E-state index contributed by atoms with van der Waals surface area (Å²) in [5.74, 6) is -0.664. The molecule has 2 aromatic rings. The highest BCUT2D eigenvalue weighted by atomic mass is 127. The van der Waals surface area contributed by atoms with Crippen LogP contribution in [0.25, 0.3) is 10.9 Å². The summed E-state index contributed by atoms with van der Waals surface area (Å²) in [4.78, 5) is 20.2. The van der Waals surface area contributed by atoms with Gasteiger partial charge in [-0.15, -0.1) is 0 Å². The Kier molecular flexibility index (Phi) is 4.25. The summed E-state index contributed by atoms with van der Waals surface area (Å²) in [5, 5.41) is -0.0412. The number of hydrogen-bond acceptors (Lipinski definition) is 6. The van der Waals surface area contributed by atoms with E-state index in [9.17, 15) is 17.6 Å². The normalized spacial score (nSPS) is 22.3. The first-order chi connectivity index (χ1) is 12.1. The van der Waals surface area contributed by atoms with Gasteiger partial charge in [-0.1, -0.05) is 11.6 Å². The molecule has 0 saturated carbocycles. The highest BCUT2D eigenvalue weighted by molar-refractivity contribution is 14.1. The Bertz CT molecular complexity index is 1120. The topological polar surface area (TPSA) is 75.5 Å². The third-order valence-corrected chi connectivity index (χ3v) is 8.33. The lowest BCUT2D eigenvalue weighted by molar-refractivity contribution is 0.276. The lowest BCUT2D eigenvalue weighted by atomic mass is 10.1. The van der Waals surface area contributed by atoms with Crippen molar-refractivity contribution in [1.82, 2.24) is 12.7 Å². The van der Waals surface area contributed by atoms with Gasteiger partial charge in [0.1, 0.15) is 11.3 Å². The fourth-order valence-corrected chi connectivity index (χ4v) is 6.69. The summed E-state index contributed by atoms with van der Waals surface area (Å²) >= 11 is 7.94. The van der Waals surface area contributed by atoms with E-state index < -0.39 is 21.3 Å². The van der Waals surface area contributed by atoms with Gasteiger partial charge < -0.3 is 9.80 Å². The zero-order chi connectivity index (χ0) is 19.0. The van der Waals surface area contributed by atoms with Crippen LogP contribution in [-0.2, 0) is 9.84 Å². The number of fused-ring (bicyclic) bond motifs is 2. The molecule has 2 aliphatic rings. The van der Waals surface area contributed by atoms with Crippen molar-refractivity contribution in [3.8, 4) is 0 Å². The molecule has 1 aromatic heterocycles. The molecule has 1 atom stereocenters. The van der Waals surface area contributed by atoms with Crippen molar-refractivity contribution in [1.29, 1.82) is 0 Å². The van der Waals surface area contributed by atoms with Crippen LogP contribution in [0.1, 0.15) is 5.56 Å². The number of rotatable bonds is 0. The first-order valence-electron chi connectivity index (χ1n) is 7.92. The Hall–Kier alpha value is -0.980. The number of aromatic nitrogens is 2. The minimum absolute atomic E-state index is 0.0108. The van der Waals surface area contributed by atoms with E-state index in [-0.39, 0.29) is 44.0 Å². The predicted octanol–water partition coefficient (Wildman–Crippen LogP) is 1.60. The zero-order valence-electron chi connectivity index (χ0n) is 14.0. The minimum Gasteiger partial charge on any atom is -0.349 e. The predicted molar refractivity (Wildman–Crippen MR) is 106 cm³/mol. The quantitative estimate of drug-likeness (QED) is 0.394. The van der Waals surface area contributed by atoms with Crippen LogP contribution >= 0.6 is 34.5 Å². The first-order valence-corrected chi connectivity index (χ1v) is 10.9. The number of hydrogen-bond donors (Lipinski definition) is 0. The molecule has 1 unspecified atom stereocenters. The summed E-state index contributed by atoms with van der Waals surface area (Å²) < 4.78 is 42.3. The van der Waals surface area contributed by atoms with Crippen LogP contribution < -0.4 is 10.6 Å². The van der Waals surface area contributed by atoms with Crippen molar-refractivity contribution in [2.75, 3.05) is 37.3 Å². The van der Waals surface area contributed by atoms with E-state index in [1.54, 1.807) is 27.8 Å². The second-order valence-electron chi connectivity index (χ2n) is 6.70. The highest BCUT2D eigenvalue weighted by Gasteiger charge is 2.40. The molecule has 0 amide bonds. The second kappa shape index (κ2) is 6.01. The van der Waals surface area contributed by atoms with Gasteiger partial charge in [0.05, 0.1) is 50.0 Å². The van der Waals surface area contributed by atoms with Crippen molar-refractivity contribution in [2.24, 2.45) is 0 Å². The Labute approximate surface area is 168 Å². The monoisotopic (exact) mass is 512 g/mol. The van der Waals surface area contributed by atoms with E-state index in [0.717, 1.165) is 2.78 Å². The molecule has 1 aromatic carbocycles. The Morgan fingerprint density at radius 2 is 2.04 bits per heavy atom. The molecule has 140 valence electrons. The summed E-state index contributed by atoms with van der Waals surface area (Å²) in [7, 11) is -1.90. The van der Waals surface area contributed by atoms with Gasteiger partial charge in [-0.2, -0.15) is 4.98 Å². The number of anilines is 1. The van der Waals surface area contributed by atoms with E-state index in [0.29, 0.717) is 19.6 Å². The zero-order valence-corrected chi connectivity index (χ0v) is 17.7. The van der Waals surface area contributed by atoms with Crippen LogP contribution in [-0.4, -0.2) is 59.6 Å². The molecular formula is C15H15ClFIN4O3S. The Morgan fingerprint density at radius 1 is 1.35 bits per heavy atom. The second-order valence-corrected chi connectivity index (χ2v) is 10.0. The summed E-state index contributed by atoms with van der Waals surface area (Å²) in [6.45, 7) is 3.10. The SMILES string of the molecule is Cc1c(Cl)c2c3c(nc(=O)n(I)c3c1F)N1CCN(C)CC1CS2(=O)=O. The first kappa shape index (κ1) is 18.4. The van der Waals surface area contributed by atoms with Crippen molar-refractivity contribution in [3.05, 3.63) is 26.9 Å². The van der Waals surface area contributed by atoms with Gasteiger partial charge in [-0.05, 0) is 14.0 Å². The standard InChI is InChI=1S/C15H15ClFIN4O3S/c1-7-10(16)13-9-12(11(7)17)22(18)15(23)19-14(9)21-4-3-20(2)5-8(21)6-26(13,24)25/h8H,3-6H2,1-2H3. The smallest absolute Gasteiger partial charge is 0.349 e. The maximum atomic E-state index is 15.0. The van der Waals surface area contributed by atoms with Crippen LogP contribution in [0.15, 0.2) is 9.69 Å². The molecule has 2 aliphatic heterocycles. The molecule has 26 heavy (non-hydrogen) atoms. The molecule has 0 N–H and O–H groups in total. The molecule has 11 heteroatoms. The van der Waals surface area contributed by atoms with Crippen LogP contribution in [0.5, 0.6) is 0 Å². The number of piperazine rings is 1. The molecule has 1 saturated heterocycles. The van der Waals surface area contributed by atoms with E-state index >= 15 is 0 Å². The van der Waals surface area contributed by atoms with Gasteiger partial charge in [0.15, 0.2) is 15.7 Å². The third-order valence-electron chi connectivity index (χ3n) is 5.00. The number of sulfone groups is 1. The van der Waals surface area contributed by atoms with Crippen LogP contribution in [0.3, 0.4) is 0 Å². The number of halogens is 3. The minimum atomic E-state index is -3.80. The van der Waals surface area contributed by atoms with Gasteiger partial charge in [0, 0.05) is 25.2 Å². The number of likely N-dealkylation sites (N-methyl/N-ethyl adjacent to an activating group) is 1. The summed E-state index contributed by atoms with van der Waals surface area (Å²) in [6.07, 6.45) is 0. The van der Waals surface area contributed by atoms with Crippen molar-refractivity contribution < 1.29 is 12.8 Å². The van der Waals surface area contributed by atoms with Crippen molar-refractivity contribution in [2.45, 2.75) is 17.9 Å². The molecule has 0 bridgehead atoms.